The third kappa shape index (κ3) is 5.45. The number of para-hydroxylation sites is 2. The zero-order valence-electron chi connectivity index (χ0n) is 18.1. The Balaban J connectivity index is 1.32. The number of hydrogen-bond acceptors (Lipinski definition) is 5. The molecule has 2 saturated heterocycles. The van der Waals surface area contributed by atoms with Crippen molar-refractivity contribution < 1.29 is 14.4 Å². The Bertz CT molecular complexity index is 929. The van der Waals surface area contributed by atoms with Crippen molar-refractivity contribution in [3.05, 3.63) is 60.7 Å². The Labute approximate surface area is 188 Å². The number of anilines is 2. The second-order valence-electron chi connectivity index (χ2n) is 8.11. The fourth-order valence-corrected chi connectivity index (χ4v) is 4.21. The van der Waals surface area contributed by atoms with Gasteiger partial charge in [-0.15, -0.1) is 0 Å². The molecule has 2 aliphatic rings. The summed E-state index contributed by atoms with van der Waals surface area (Å²) in [7, 11) is 0. The van der Waals surface area contributed by atoms with Gasteiger partial charge in [0.25, 0.3) is 0 Å². The molecule has 8 nitrogen and oxygen atoms in total. The van der Waals surface area contributed by atoms with Crippen LogP contribution in [0.25, 0.3) is 0 Å². The van der Waals surface area contributed by atoms with Crippen LogP contribution in [0.15, 0.2) is 60.7 Å². The van der Waals surface area contributed by atoms with Crippen molar-refractivity contribution >= 4 is 29.1 Å². The van der Waals surface area contributed by atoms with Gasteiger partial charge in [0.2, 0.25) is 17.7 Å². The lowest BCUT2D eigenvalue weighted by molar-refractivity contribution is -0.145. The Kier molecular flexibility index (Phi) is 7.01. The molecule has 168 valence electrons. The van der Waals surface area contributed by atoms with Gasteiger partial charge in [-0.1, -0.05) is 36.4 Å². The number of carbonyl (C=O) groups excluding carboxylic acids is 3. The molecule has 2 aromatic rings. The van der Waals surface area contributed by atoms with Gasteiger partial charge in [0.15, 0.2) is 0 Å². The van der Waals surface area contributed by atoms with E-state index >= 15 is 0 Å². The van der Waals surface area contributed by atoms with Crippen molar-refractivity contribution in [3.8, 4) is 0 Å². The normalized spacial score (nSPS) is 19.4. The first-order chi connectivity index (χ1) is 15.6. The number of carbonyl (C=O) groups is 3. The van der Waals surface area contributed by atoms with Gasteiger partial charge in [-0.2, -0.15) is 0 Å². The van der Waals surface area contributed by atoms with Crippen LogP contribution >= 0.6 is 0 Å². The number of piperazine rings is 2. The highest BCUT2D eigenvalue weighted by Gasteiger charge is 2.35. The van der Waals surface area contributed by atoms with Crippen molar-refractivity contribution in [2.45, 2.75) is 12.5 Å². The van der Waals surface area contributed by atoms with E-state index in [4.69, 9.17) is 0 Å². The molecule has 0 spiro atoms. The molecule has 8 heteroatoms. The lowest BCUT2D eigenvalue weighted by Crippen LogP contribution is -2.60. The largest absolute Gasteiger partial charge is 0.369 e. The average Bonchev–Trinajstić information content (AvgIpc) is 2.82. The minimum atomic E-state index is -0.787. The van der Waals surface area contributed by atoms with Crippen LogP contribution in [0, 0.1) is 0 Å². The molecule has 0 radical (unpaired) electrons. The van der Waals surface area contributed by atoms with Crippen LogP contribution in [0.2, 0.25) is 0 Å². The first-order valence-corrected chi connectivity index (χ1v) is 11.0. The van der Waals surface area contributed by atoms with Crippen LogP contribution in [0.4, 0.5) is 11.4 Å². The average molecular weight is 436 g/mol. The van der Waals surface area contributed by atoms with E-state index in [1.165, 1.54) is 5.69 Å². The molecule has 0 aliphatic carbocycles. The summed E-state index contributed by atoms with van der Waals surface area (Å²) in [6, 6.07) is 18.6. The summed E-state index contributed by atoms with van der Waals surface area (Å²) in [5.41, 5.74) is 1.86. The maximum absolute atomic E-state index is 13.1. The molecular weight excluding hydrogens is 406 g/mol. The van der Waals surface area contributed by atoms with Crippen LogP contribution in [0.5, 0.6) is 0 Å². The van der Waals surface area contributed by atoms with E-state index in [-0.39, 0.29) is 30.7 Å². The molecule has 1 unspecified atom stereocenters. The Morgan fingerprint density at radius 1 is 0.906 bits per heavy atom. The van der Waals surface area contributed by atoms with Gasteiger partial charge >= 0.3 is 0 Å². The molecule has 32 heavy (non-hydrogen) atoms. The standard InChI is InChI=1S/C24H29N5O3/c30-22(26-19-7-3-1-4-8-19)17-21-24(32)25-11-12-29(21)23(31)18-27-13-15-28(16-14-27)20-9-5-2-6-10-20/h1-10,21H,11-18H2,(H,25,32)(H,26,30). The van der Waals surface area contributed by atoms with E-state index in [2.05, 4.69) is 32.6 Å². The van der Waals surface area contributed by atoms with Gasteiger partial charge in [0.05, 0.1) is 13.0 Å². The van der Waals surface area contributed by atoms with E-state index in [0.29, 0.717) is 18.8 Å². The molecule has 4 rings (SSSR count). The summed E-state index contributed by atoms with van der Waals surface area (Å²) in [5.74, 6) is -0.667. The highest BCUT2D eigenvalue weighted by Crippen LogP contribution is 2.17. The van der Waals surface area contributed by atoms with Gasteiger partial charge in [-0.3, -0.25) is 19.3 Å². The zero-order valence-corrected chi connectivity index (χ0v) is 18.1. The predicted octanol–water partition coefficient (Wildman–Crippen LogP) is 1.16. The van der Waals surface area contributed by atoms with Crippen LogP contribution in [0.3, 0.4) is 0 Å². The SMILES string of the molecule is O=C(CC1C(=O)NCCN1C(=O)CN1CCN(c2ccccc2)CC1)Nc1ccccc1. The van der Waals surface area contributed by atoms with Crippen LogP contribution in [-0.2, 0) is 14.4 Å². The molecule has 2 aromatic carbocycles. The highest BCUT2D eigenvalue weighted by atomic mass is 16.2. The number of benzene rings is 2. The topological polar surface area (TPSA) is 85.0 Å². The number of nitrogens with one attached hydrogen (secondary N) is 2. The zero-order chi connectivity index (χ0) is 22.3. The lowest BCUT2D eigenvalue weighted by Gasteiger charge is -2.39. The number of nitrogens with zero attached hydrogens (tertiary/aromatic N) is 3. The minimum absolute atomic E-state index is 0.0613. The van der Waals surface area contributed by atoms with E-state index in [1.807, 2.05) is 36.4 Å². The number of amides is 3. The molecule has 2 aliphatic heterocycles. The summed E-state index contributed by atoms with van der Waals surface area (Å²) in [4.78, 5) is 44.1. The van der Waals surface area contributed by atoms with Crippen molar-refractivity contribution in [1.82, 2.24) is 15.1 Å². The van der Waals surface area contributed by atoms with Crippen LogP contribution < -0.4 is 15.5 Å². The first kappa shape index (κ1) is 21.8. The van der Waals surface area contributed by atoms with E-state index in [0.717, 1.165) is 26.2 Å². The Morgan fingerprint density at radius 3 is 2.25 bits per heavy atom. The molecular formula is C24H29N5O3. The number of rotatable bonds is 6. The molecule has 0 aromatic heterocycles. The molecule has 0 bridgehead atoms. The van der Waals surface area contributed by atoms with Gasteiger partial charge in [-0.05, 0) is 24.3 Å². The molecule has 2 N–H and O–H groups in total. The van der Waals surface area contributed by atoms with E-state index in [9.17, 15) is 14.4 Å². The van der Waals surface area contributed by atoms with Gasteiger partial charge < -0.3 is 20.4 Å². The number of hydrogen-bond donors (Lipinski definition) is 2. The summed E-state index contributed by atoms with van der Waals surface area (Å²) >= 11 is 0. The summed E-state index contributed by atoms with van der Waals surface area (Å²) in [6.45, 7) is 4.33. The van der Waals surface area contributed by atoms with Crippen LogP contribution in [-0.4, -0.2) is 79.4 Å². The first-order valence-electron chi connectivity index (χ1n) is 11.0. The Hall–Kier alpha value is -3.39. The fourth-order valence-electron chi connectivity index (χ4n) is 4.21. The Morgan fingerprint density at radius 2 is 1.56 bits per heavy atom. The van der Waals surface area contributed by atoms with Crippen molar-refractivity contribution in [3.63, 3.8) is 0 Å². The van der Waals surface area contributed by atoms with Crippen molar-refractivity contribution in [1.29, 1.82) is 0 Å². The third-order valence-electron chi connectivity index (χ3n) is 5.94. The molecule has 1 atom stereocenters. The van der Waals surface area contributed by atoms with E-state index in [1.54, 1.807) is 17.0 Å². The van der Waals surface area contributed by atoms with Gasteiger partial charge in [0, 0.05) is 50.6 Å². The van der Waals surface area contributed by atoms with E-state index < -0.39 is 6.04 Å². The summed E-state index contributed by atoms with van der Waals surface area (Å²) in [6.07, 6.45) is -0.0613. The second kappa shape index (κ2) is 10.3. The molecule has 3 amide bonds. The second-order valence-corrected chi connectivity index (χ2v) is 8.11. The third-order valence-corrected chi connectivity index (χ3v) is 5.94. The lowest BCUT2D eigenvalue weighted by atomic mass is 10.1. The highest BCUT2D eigenvalue weighted by molar-refractivity contribution is 5.97. The van der Waals surface area contributed by atoms with Crippen molar-refractivity contribution in [2.75, 3.05) is 56.0 Å². The van der Waals surface area contributed by atoms with Crippen molar-refractivity contribution in [2.24, 2.45) is 0 Å². The van der Waals surface area contributed by atoms with Crippen LogP contribution in [0.1, 0.15) is 6.42 Å². The molecule has 2 fully saturated rings. The molecule has 2 heterocycles. The predicted molar refractivity (Wildman–Crippen MR) is 123 cm³/mol. The summed E-state index contributed by atoms with van der Waals surface area (Å²) in [5, 5.41) is 5.58. The monoisotopic (exact) mass is 435 g/mol. The smallest absolute Gasteiger partial charge is 0.243 e. The fraction of sp³-hybridized carbons (Fsp3) is 0.375. The minimum Gasteiger partial charge on any atom is -0.369 e. The molecule has 0 saturated carbocycles. The maximum atomic E-state index is 13.1. The summed E-state index contributed by atoms with van der Waals surface area (Å²) < 4.78 is 0. The quantitative estimate of drug-likeness (QED) is 0.712. The van der Waals surface area contributed by atoms with Gasteiger partial charge in [-0.25, -0.2) is 0 Å². The maximum Gasteiger partial charge on any atom is 0.243 e. The van der Waals surface area contributed by atoms with Gasteiger partial charge in [0.1, 0.15) is 6.04 Å².